The average Bonchev–Trinajstić information content (AvgIpc) is 2.15. The zero-order valence-corrected chi connectivity index (χ0v) is 7.71. The molecule has 0 radical (unpaired) electrons. The molecule has 0 aliphatic heterocycles. The van der Waals surface area contributed by atoms with E-state index >= 15 is 0 Å². The van der Waals surface area contributed by atoms with Crippen LogP contribution in [0.2, 0.25) is 0 Å². The van der Waals surface area contributed by atoms with Gasteiger partial charge in [0.2, 0.25) is 0 Å². The van der Waals surface area contributed by atoms with Crippen molar-refractivity contribution >= 4 is 16.8 Å². The van der Waals surface area contributed by atoms with Crippen molar-refractivity contribution in [3.05, 3.63) is 42.1 Å². The number of aromatic nitrogens is 1. The molecule has 0 aliphatic rings. The van der Waals surface area contributed by atoms with Gasteiger partial charge in [-0.1, -0.05) is 18.3 Å². The van der Waals surface area contributed by atoms with Gasteiger partial charge in [-0.3, -0.25) is 9.98 Å². The first-order valence-corrected chi connectivity index (χ1v) is 4.41. The largest absolute Gasteiger partial charge is 0.281 e. The van der Waals surface area contributed by atoms with E-state index < -0.39 is 0 Å². The molecule has 3 heteroatoms. The highest BCUT2D eigenvalue weighted by Gasteiger charge is 1.99. The molecular weight excluding hydrogens is 168 g/mol. The highest BCUT2D eigenvalue weighted by Crippen LogP contribution is 2.12. The van der Waals surface area contributed by atoms with Crippen LogP contribution >= 0.6 is 11.8 Å². The summed E-state index contributed by atoms with van der Waals surface area (Å²) in [6.45, 7) is 3.64. The second-order valence-corrected chi connectivity index (χ2v) is 3.01. The van der Waals surface area contributed by atoms with Crippen LogP contribution in [0.25, 0.3) is 0 Å². The molecule has 1 aromatic heterocycles. The van der Waals surface area contributed by atoms with Crippen molar-refractivity contribution < 1.29 is 0 Å². The van der Waals surface area contributed by atoms with Crippen LogP contribution in [-0.2, 0) is 0 Å². The SMILES string of the molecule is C=CSC(=NC)c1cccnc1. The maximum Gasteiger partial charge on any atom is 0.103 e. The Morgan fingerprint density at radius 1 is 1.75 bits per heavy atom. The molecule has 0 fully saturated rings. The van der Waals surface area contributed by atoms with E-state index in [1.54, 1.807) is 24.8 Å². The summed E-state index contributed by atoms with van der Waals surface area (Å²) in [5, 5.41) is 2.70. The molecule has 1 rings (SSSR count). The maximum atomic E-state index is 4.12. The van der Waals surface area contributed by atoms with E-state index in [-0.39, 0.29) is 0 Å². The van der Waals surface area contributed by atoms with Crippen LogP contribution in [0, 0.1) is 0 Å². The molecule has 0 bridgehead atoms. The lowest BCUT2D eigenvalue weighted by Gasteiger charge is -1.99. The number of hydrogen-bond acceptors (Lipinski definition) is 3. The molecule has 0 aromatic carbocycles. The number of rotatable bonds is 2. The highest BCUT2D eigenvalue weighted by atomic mass is 32.2. The molecule has 0 N–H and O–H groups in total. The Bertz CT molecular complexity index is 280. The molecule has 1 heterocycles. The molecule has 0 atom stereocenters. The summed E-state index contributed by atoms with van der Waals surface area (Å²) >= 11 is 1.50. The molecule has 0 saturated carbocycles. The quantitative estimate of drug-likeness (QED) is 0.513. The molecule has 0 spiro atoms. The summed E-state index contributed by atoms with van der Waals surface area (Å²) in [6, 6.07) is 3.87. The van der Waals surface area contributed by atoms with E-state index in [2.05, 4.69) is 16.6 Å². The predicted molar refractivity (Wildman–Crippen MR) is 54.5 cm³/mol. The molecule has 0 aliphatic carbocycles. The summed E-state index contributed by atoms with van der Waals surface area (Å²) in [5.41, 5.74) is 1.03. The average molecular weight is 178 g/mol. The van der Waals surface area contributed by atoms with Gasteiger partial charge >= 0.3 is 0 Å². The number of aliphatic imine (C=N–C) groups is 1. The van der Waals surface area contributed by atoms with Crippen LogP contribution < -0.4 is 0 Å². The van der Waals surface area contributed by atoms with Crippen molar-refractivity contribution in [2.75, 3.05) is 7.05 Å². The standard InChI is InChI=1S/C9H10N2S/c1-3-12-9(10-2)8-5-4-6-11-7-8/h3-7H,1H2,2H3. The molecule has 2 nitrogen and oxygen atoms in total. The lowest BCUT2D eigenvalue weighted by molar-refractivity contribution is 1.31. The molecule has 62 valence electrons. The van der Waals surface area contributed by atoms with Gasteiger partial charge in [-0.2, -0.15) is 0 Å². The van der Waals surface area contributed by atoms with E-state index in [4.69, 9.17) is 0 Å². The minimum Gasteiger partial charge on any atom is -0.281 e. The second-order valence-electron chi connectivity index (χ2n) is 2.05. The third-order valence-electron chi connectivity index (χ3n) is 1.31. The Morgan fingerprint density at radius 3 is 3.08 bits per heavy atom. The van der Waals surface area contributed by atoms with Crippen LogP contribution in [0.1, 0.15) is 5.56 Å². The monoisotopic (exact) mass is 178 g/mol. The van der Waals surface area contributed by atoms with Crippen LogP contribution in [-0.4, -0.2) is 17.1 Å². The first kappa shape index (κ1) is 9.00. The van der Waals surface area contributed by atoms with E-state index in [0.29, 0.717) is 0 Å². The highest BCUT2D eigenvalue weighted by molar-refractivity contribution is 8.16. The van der Waals surface area contributed by atoms with Crippen LogP contribution in [0.3, 0.4) is 0 Å². The summed E-state index contributed by atoms with van der Waals surface area (Å²) in [6.07, 6.45) is 3.54. The summed E-state index contributed by atoms with van der Waals surface area (Å²) in [5.74, 6) is 0. The lowest BCUT2D eigenvalue weighted by atomic mass is 10.3. The van der Waals surface area contributed by atoms with E-state index in [9.17, 15) is 0 Å². The summed E-state index contributed by atoms with van der Waals surface area (Å²) in [4.78, 5) is 8.12. The van der Waals surface area contributed by atoms with Crippen molar-refractivity contribution in [3.63, 3.8) is 0 Å². The minimum absolute atomic E-state index is 0.943. The van der Waals surface area contributed by atoms with Gasteiger partial charge in [0, 0.05) is 25.0 Å². The third-order valence-corrected chi connectivity index (χ3v) is 2.11. The first-order valence-electron chi connectivity index (χ1n) is 3.53. The molecule has 0 unspecified atom stereocenters. The van der Waals surface area contributed by atoms with Gasteiger partial charge < -0.3 is 0 Å². The number of pyridine rings is 1. The second kappa shape index (κ2) is 4.72. The van der Waals surface area contributed by atoms with E-state index in [0.717, 1.165) is 10.6 Å². The normalized spacial score (nSPS) is 11.2. The van der Waals surface area contributed by atoms with Crippen molar-refractivity contribution in [2.45, 2.75) is 0 Å². The Morgan fingerprint density at radius 2 is 2.58 bits per heavy atom. The Balaban J connectivity index is 2.88. The molecule has 0 amide bonds. The smallest absolute Gasteiger partial charge is 0.103 e. The molecule has 1 aromatic rings. The van der Waals surface area contributed by atoms with Crippen molar-refractivity contribution in [1.82, 2.24) is 4.98 Å². The summed E-state index contributed by atoms with van der Waals surface area (Å²) < 4.78 is 0. The third kappa shape index (κ3) is 2.20. The van der Waals surface area contributed by atoms with Crippen LogP contribution in [0.15, 0.2) is 41.5 Å². The van der Waals surface area contributed by atoms with Crippen LogP contribution in [0.5, 0.6) is 0 Å². The van der Waals surface area contributed by atoms with Crippen LogP contribution in [0.4, 0.5) is 0 Å². The molecular formula is C9H10N2S. The molecule has 12 heavy (non-hydrogen) atoms. The van der Waals surface area contributed by atoms with E-state index in [1.807, 2.05) is 12.1 Å². The minimum atomic E-state index is 0.943. The van der Waals surface area contributed by atoms with Gasteiger partial charge in [-0.25, -0.2) is 0 Å². The topological polar surface area (TPSA) is 25.2 Å². The van der Waals surface area contributed by atoms with Gasteiger partial charge in [0.25, 0.3) is 0 Å². The fourth-order valence-electron chi connectivity index (χ4n) is 0.818. The number of hydrogen-bond donors (Lipinski definition) is 0. The Labute approximate surface area is 76.4 Å². The van der Waals surface area contributed by atoms with Gasteiger partial charge in [-0.15, -0.1) is 0 Å². The van der Waals surface area contributed by atoms with E-state index in [1.165, 1.54) is 11.8 Å². The van der Waals surface area contributed by atoms with Crippen molar-refractivity contribution in [2.24, 2.45) is 4.99 Å². The number of thioether (sulfide) groups is 1. The fraction of sp³-hybridized carbons (Fsp3) is 0.111. The fourth-order valence-corrected chi connectivity index (χ4v) is 1.34. The zero-order valence-electron chi connectivity index (χ0n) is 6.90. The first-order chi connectivity index (χ1) is 5.88. The lowest BCUT2D eigenvalue weighted by Crippen LogP contribution is -1.93. The van der Waals surface area contributed by atoms with Crippen molar-refractivity contribution in [3.8, 4) is 0 Å². The zero-order chi connectivity index (χ0) is 8.81. The van der Waals surface area contributed by atoms with Gasteiger partial charge in [-0.05, 0) is 17.5 Å². The Kier molecular flexibility index (Phi) is 3.54. The van der Waals surface area contributed by atoms with Gasteiger partial charge in [0.15, 0.2) is 0 Å². The predicted octanol–water partition coefficient (Wildman–Crippen LogP) is 2.33. The maximum absolute atomic E-state index is 4.12. The molecule has 0 saturated heterocycles. The van der Waals surface area contributed by atoms with Crippen molar-refractivity contribution in [1.29, 1.82) is 0 Å². The van der Waals surface area contributed by atoms with Gasteiger partial charge in [0.1, 0.15) is 5.04 Å². The van der Waals surface area contributed by atoms with Gasteiger partial charge in [0.05, 0.1) is 0 Å². The summed E-state index contributed by atoms with van der Waals surface area (Å²) in [7, 11) is 1.76. The Hall–Kier alpha value is -1.09. The number of nitrogens with zero attached hydrogens (tertiary/aromatic N) is 2.